The van der Waals surface area contributed by atoms with Crippen molar-refractivity contribution >= 4 is 39.2 Å². The Kier molecular flexibility index (Phi) is 6.14. The maximum Gasteiger partial charge on any atom is 0.265 e. The van der Waals surface area contributed by atoms with E-state index in [-0.39, 0.29) is 27.4 Å². The van der Waals surface area contributed by atoms with E-state index in [4.69, 9.17) is 11.6 Å². The molecular weight excluding hydrogens is 474 g/mol. The zero-order chi connectivity index (χ0) is 23.7. The number of piperidine rings is 1. The van der Waals surface area contributed by atoms with Crippen LogP contribution in [0.15, 0.2) is 65.8 Å². The van der Waals surface area contributed by atoms with Crippen LogP contribution >= 0.6 is 11.6 Å². The number of carbonyl (C=O) groups is 1. The van der Waals surface area contributed by atoms with Crippen LogP contribution in [0.5, 0.6) is 0 Å². The number of aromatic nitrogens is 2. The van der Waals surface area contributed by atoms with Crippen LogP contribution in [-0.2, 0) is 16.4 Å². The van der Waals surface area contributed by atoms with Crippen LogP contribution in [-0.4, -0.2) is 50.0 Å². The highest BCUT2D eigenvalue weighted by atomic mass is 35.5. The summed E-state index contributed by atoms with van der Waals surface area (Å²) in [5, 5.41) is 3.13. The minimum absolute atomic E-state index is 0.0198. The molecule has 3 aromatic rings. The molecule has 1 saturated heterocycles. The second-order valence-electron chi connectivity index (χ2n) is 8.38. The predicted molar refractivity (Wildman–Crippen MR) is 131 cm³/mol. The fraction of sp³-hybridized carbons (Fsp3) is 0.292. The molecule has 34 heavy (non-hydrogen) atoms. The zero-order valence-electron chi connectivity index (χ0n) is 18.4. The van der Waals surface area contributed by atoms with Crippen molar-refractivity contribution in [1.29, 1.82) is 0 Å². The van der Waals surface area contributed by atoms with Gasteiger partial charge in [-0.25, -0.2) is 18.4 Å². The van der Waals surface area contributed by atoms with Crippen molar-refractivity contribution in [2.45, 2.75) is 30.2 Å². The van der Waals surface area contributed by atoms with Crippen molar-refractivity contribution in [2.75, 3.05) is 28.8 Å². The Morgan fingerprint density at radius 2 is 1.74 bits per heavy atom. The molecule has 10 heteroatoms. The maximum atomic E-state index is 13.4. The Bertz CT molecular complexity index is 1310. The number of anilines is 2. The number of benzene rings is 2. The molecule has 2 aliphatic rings. The van der Waals surface area contributed by atoms with E-state index in [0.717, 1.165) is 31.5 Å². The fourth-order valence-corrected chi connectivity index (χ4v) is 6.47. The van der Waals surface area contributed by atoms with E-state index in [1.54, 1.807) is 30.6 Å². The second kappa shape index (κ2) is 9.23. The number of hydrogen-bond donors (Lipinski definition) is 1. The summed E-state index contributed by atoms with van der Waals surface area (Å²) in [5.41, 5.74) is 1.90. The lowest BCUT2D eigenvalue weighted by Crippen LogP contribution is -2.45. The lowest BCUT2D eigenvalue weighted by Gasteiger charge is -2.32. The van der Waals surface area contributed by atoms with E-state index < -0.39 is 10.0 Å². The molecular formula is C24H24ClN5O3S. The summed E-state index contributed by atoms with van der Waals surface area (Å²) in [6.07, 6.45) is 5.55. The normalized spacial score (nSPS) is 16.4. The molecule has 1 fully saturated rings. The molecule has 1 aromatic heterocycles. The number of fused-ring (bicyclic) bond motifs is 1. The molecule has 176 valence electrons. The largest absolute Gasteiger partial charge is 0.349 e. The van der Waals surface area contributed by atoms with Crippen molar-refractivity contribution in [1.82, 2.24) is 15.3 Å². The Labute approximate surface area is 203 Å². The highest BCUT2D eigenvalue weighted by Gasteiger charge is 2.33. The second-order valence-corrected chi connectivity index (χ2v) is 10.6. The van der Waals surface area contributed by atoms with Gasteiger partial charge in [0, 0.05) is 43.6 Å². The molecule has 1 N–H and O–H groups in total. The smallest absolute Gasteiger partial charge is 0.265 e. The van der Waals surface area contributed by atoms with Crippen molar-refractivity contribution in [3.63, 3.8) is 0 Å². The van der Waals surface area contributed by atoms with Gasteiger partial charge >= 0.3 is 0 Å². The number of amides is 1. The summed E-state index contributed by atoms with van der Waals surface area (Å²) >= 11 is 6.30. The van der Waals surface area contributed by atoms with Gasteiger partial charge in [-0.1, -0.05) is 29.8 Å². The molecule has 0 bridgehead atoms. The molecule has 3 heterocycles. The molecule has 0 saturated carbocycles. The molecule has 0 spiro atoms. The van der Waals surface area contributed by atoms with Crippen LogP contribution in [0.25, 0.3) is 0 Å². The average molecular weight is 498 g/mol. The van der Waals surface area contributed by atoms with Gasteiger partial charge in [-0.2, -0.15) is 0 Å². The minimum Gasteiger partial charge on any atom is -0.349 e. The molecule has 0 unspecified atom stereocenters. The Morgan fingerprint density at radius 1 is 1.00 bits per heavy atom. The third kappa shape index (κ3) is 4.33. The lowest BCUT2D eigenvalue weighted by atomic mass is 10.0. The maximum absolute atomic E-state index is 13.4. The van der Waals surface area contributed by atoms with Gasteiger partial charge in [-0.3, -0.25) is 9.10 Å². The topological polar surface area (TPSA) is 95.5 Å². The molecule has 0 radical (unpaired) electrons. The third-order valence-electron chi connectivity index (χ3n) is 6.27. The lowest BCUT2D eigenvalue weighted by molar-refractivity contribution is 0.0931. The summed E-state index contributed by atoms with van der Waals surface area (Å²) in [5.74, 6) is 0.368. The first-order valence-electron chi connectivity index (χ1n) is 11.2. The Hall–Kier alpha value is -3.17. The number of nitrogens with zero attached hydrogens (tertiary/aromatic N) is 4. The van der Waals surface area contributed by atoms with E-state index in [2.05, 4.69) is 20.2 Å². The fourth-order valence-electron chi connectivity index (χ4n) is 4.47. The highest BCUT2D eigenvalue weighted by Crippen LogP contribution is 2.35. The monoisotopic (exact) mass is 497 g/mol. The van der Waals surface area contributed by atoms with Crippen molar-refractivity contribution in [3.05, 3.63) is 77.1 Å². The number of halogens is 1. The molecule has 0 atom stereocenters. The zero-order valence-corrected chi connectivity index (χ0v) is 20.0. The third-order valence-corrected chi connectivity index (χ3v) is 8.57. The standard InChI is InChI=1S/C24H24ClN5O3S/c25-20-7-6-18(16-22(20)34(32,33)30-15-8-17-4-1-2-5-21(17)30)23(31)28-19-9-13-29(14-10-19)24-26-11-3-12-27-24/h1-7,11-12,16,19H,8-10,13-15H2,(H,28,31). The average Bonchev–Trinajstić information content (AvgIpc) is 3.30. The number of hydrogen-bond acceptors (Lipinski definition) is 6. The highest BCUT2D eigenvalue weighted by molar-refractivity contribution is 7.93. The summed E-state index contributed by atoms with van der Waals surface area (Å²) in [6, 6.07) is 13.6. The van der Waals surface area contributed by atoms with E-state index in [0.29, 0.717) is 24.6 Å². The number of carbonyl (C=O) groups excluding carboxylic acids is 1. The molecule has 2 aliphatic heterocycles. The van der Waals surface area contributed by atoms with Gasteiger partial charge < -0.3 is 10.2 Å². The molecule has 5 rings (SSSR count). The predicted octanol–water partition coefficient (Wildman–Crippen LogP) is 3.28. The summed E-state index contributed by atoms with van der Waals surface area (Å²) in [4.78, 5) is 23.6. The van der Waals surface area contributed by atoms with Gasteiger partial charge in [-0.15, -0.1) is 0 Å². The molecule has 1 amide bonds. The first-order valence-corrected chi connectivity index (χ1v) is 13.0. The summed E-state index contributed by atoms with van der Waals surface area (Å²) < 4.78 is 28.3. The van der Waals surface area contributed by atoms with Crippen LogP contribution in [0, 0.1) is 0 Å². The minimum atomic E-state index is -3.91. The van der Waals surface area contributed by atoms with Crippen LogP contribution < -0.4 is 14.5 Å². The van der Waals surface area contributed by atoms with Gasteiger partial charge in [0.05, 0.1) is 10.7 Å². The van der Waals surface area contributed by atoms with Gasteiger partial charge in [0.25, 0.3) is 15.9 Å². The van der Waals surface area contributed by atoms with E-state index >= 15 is 0 Å². The van der Waals surface area contributed by atoms with Crippen molar-refractivity contribution in [3.8, 4) is 0 Å². The van der Waals surface area contributed by atoms with Crippen LogP contribution in [0.3, 0.4) is 0 Å². The first kappa shape index (κ1) is 22.6. The number of para-hydroxylation sites is 1. The van der Waals surface area contributed by atoms with Gasteiger partial charge in [0.1, 0.15) is 4.90 Å². The Morgan fingerprint density at radius 3 is 2.50 bits per heavy atom. The van der Waals surface area contributed by atoms with Crippen LogP contribution in [0.4, 0.5) is 11.6 Å². The van der Waals surface area contributed by atoms with Crippen molar-refractivity contribution in [2.24, 2.45) is 0 Å². The van der Waals surface area contributed by atoms with Crippen molar-refractivity contribution < 1.29 is 13.2 Å². The van der Waals surface area contributed by atoms with Gasteiger partial charge in [0.2, 0.25) is 5.95 Å². The summed E-state index contributed by atoms with van der Waals surface area (Å²) in [7, 11) is -3.91. The van der Waals surface area contributed by atoms with Gasteiger partial charge in [-0.05, 0) is 55.2 Å². The molecule has 2 aromatic carbocycles. The van der Waals surface area contributed by atoms with Crippen LogP contribution in [0.1, 0.15) is 28.8 Å². The molecule has 0 aliphatic carbocycles. The van der Waals surface area contributed by atoms with Crippen LogP contribution in [0.2, 0.25) is 5.02 Å². The first-order chi connectivity index (χ1) is 16.4. The van der Waals surface area contributed by atoms with E-state index in [1.165, 1.54) is 16.4 Å². The number of nitrogens with one attached hydrogen (secondary N) is 1. The van der Waals surface area contributed by atoms with E-state index in [1.807, 2.05) is 18.2 Å². The van der Waals surface area contributed by atoms with Gasteiger partial charge in [0.15, 0.2) is 0 Å². The quantitative estimate of drug-likeness (QED) is 0.581. The molecule has 8 nitrogen and oxygen atoms in total. The summed E-state index contributed by atoms with van der Waals surface area (Å²) in [6.45, 7) is 1.80. The number of rotatable bonds is 5. The van der Waals surface area contributed by atoms with E-state index in [9.17, 15) is 13.2 Å². The number of sulfonamides is 1. The SMILES string of the molecule is O=C(NC1CCN(c2ncccn2)CC1)c1ccc(Cl)c(S(=O)(=O)N2CCc3ccccc32)c1. The Balaban J connectivity index is 1.30.